The molecule has 11 heteroatoms. The zero-order valence-corrected chi connectivity index (χ0v) is 19.7. The predicted octanol–water partition coefficient (Wildman–Crippen LogP) is 5.04. The largest absolute Gasteiger partial charge is 0.324 e. The number of rotatable bonds is 8. The third-order valence-electron chi connectivity index (χ3n) is 4.74. The summed E-state index contributed by atoms with van der Waals surface area (Å²) in [6, 6.07) is 16.8. The molecule has 0 spiro atoms. The van der Waals surface area contributed by atoms with Gasteiger partial charge in [-0.3, -0.25) is 14.9 Å². The number of nitrogens with one attached hydrogen (secondary N) is 1. The maximum atomic E-state index is 13.4. The van der Waals surface area contributed by atoms with Crippen molar-refractivity contribution in [1.82, 2.24) is 4.31 Å². The van der Waals surface area contributed by atoms with Crippen LogP contribution in [0.3, 0.4) is 0 Å². The average molecular weight is 508 g/mol. The van der Waals surface area contributed by atoms with E-state index in [0.29, 0.717) is 11.1 Å². The zero-order chi connectivity index (χ0) is 24.2. The van der Waals surface area contributed by atoms with E-state index in [4.69, 9.17) is 23.2 Å². The van der Waals surface area contributed by atoms with Crippen molar-refractivity contribution in [2.75, 3.05) is 11.9 Å². The molecule has 0 saturated carbocycles. The summed E-state index contributed by atoms with van der Waals surface area (Å²) in [5, 5.41) is 13.8. The van der Waals surface area contributed by atoms with E-state index >= 15 is 0 Å². The molecule has 33 heavy (non-hydrogen) atoms. The van der Waals surface area contributed by atoms with E-state index in [9.17, 15) is 23.3 Å². The number of carbonyl (C=O) groups is 1. The van der Waals surface area contributed by atoms with E-state index in [0.717, 1.165) is 4.31 Å². The van der Waals surface area contributed by atoms with Gasteiger partial charge >= 0.3 is 0 Å². The molecule has 0 unspecified atom stereocenters. The van der Waals surface area contributed by atoms with E-state index in [-0.39, 0.29) is 32.9 Å². The minimum atomic E-state index is -4.22. The summed E-state index contributed by atoms with van der Waals surface area (Å²) in [5.74, 6) is -0.670. The number of benzene rings is 3. The van der Waals surface area contributed by atoms with Crippen LogP contribution in [0, 0.1) is 17.0 Å². The zero-order valence-electron chi connectivity index (χ0n) is 17.4. The number of halogens is 2. The van der Waals surface area contributed by atoms with Crippen LogP contribution in [0.4, 0.5) is 11.4 Å². The quantitative estimate of drug-likeness (QED) is 0.339. The topological polar surface area (TPSA) is 110 Å². The van der Waals surface area contributed by atoms with Crippen molar-refractivity contribution in [3.05, 3.63) is 98.0 Å². The van der Waals surface area contributed by atoms with Crippen molar-refractivity contribution in [1.29, 1.82) is 0 Å². The van der Waals surface area contributed by atoms with Crippen molar-refractivity contribution >= 4 is 50.5 Å². The standard InChI is InChI=1S/C22H19Cl2N3O5S/c1-15-7-9-18(27(29)30)12-20(15)25-22(28)14-26(13-16-5-3-2-4-6-16)33(31,32)21-11-17(23)8-10-19(21)24/h2-12H,13-14H2,1H3,(H,25,28). The second-order valence-electron chi connectivity index (χ2n) is 7.14. The minimum Gasteiger partial charge on any atom is -0.324 e. The number of nitro benzene ring substituents is 1. The fourth-order valence-corrected chi connectivity index (χ4v) is 5.16. The van der Waals surface area contributed by atoms with Crippen LogP contribution in [0.15, 0.2) is 71.6 Å². The van der Waals surface area contributed by atoms with Crippen molar-refractivity contribution in [3.8, 4) is 0 Å². The van der Waals surface area contributed by atoms with E-state index < -0.39 is 27.4 Å². The summed E-state index contributed by atoms with van der Waals surface area (Å²) in [7, 11) is -4.22. The Hall–Kier alpha value is -2.98. The van der Waals surface area contributed by atoms with Crippen molar-refractivity contribution in [2.45, 2.75) is 18.4 Å². The van der Waals surface area contributed by atoms with Crippen LogP contribution in [0.5, 0.6) is 0 Å². The Balaban J connectivity index is 1.93. The average Bonchev–Trinajstić information content (AvgIpc) is 2.77. The van der Waals surface area contributed by atoms with Crippen LogP contribution in [0.2, 0.25) is 10.0 Å². The number of hydrogen-bond acceptors (Lipinski definition) is 5. The van der Waals surface area contributed by atoms with Gasteiger partial charge in [-0.05, 0) is 36.2 Å². The summed E-state index contributed by atoms with van der Waals surface area (Å²) < 4.78 is 27.8. The maximum absolute atomic E-state index is 13.4. The van der Waals surface area contributed by atoms with Gasteiger partial charge in [0.15, 0.2) is 0 Å². The van der Waals surface area contributed by atoms with Crippen LogP contribution < -0.4 is 5.32 Å². The Morgan fingerprint density at radius 1 is 1.06 bits per heavy atom. The number of carbonyl (C=O) groups excluding carboxylic acids is 1. The summed E-state index contributed by atoms with van der Waals surface area (Å²) in [6.45, 7) is 1.01. The Kier molecular flexibility index (Phi) is 7.70. The highest BCUT2D eigenvalue weighted by atomic mass is 35.5. The van der Waals surface area contributed by atoms with Gasteiger partial charge < -0.3 is 5.32 Å². The van der Waals surface area contributed by atoms with Gasteiger partial charge in [-0.15, -0.1) is 0 Å². The molecule has 0 aliphatic rings. The lowest BCUT2D eigenvalue weighted by Gasteiger charge is -2.23. The second kappa shape index (κ2) is 10.3. The molecular formula is C22H19Cl2N3O5S. The fourth-order valence-electron chi connectivity index (χ4n) is 3.04. The van der Waals surface area contributed by atoms with Crippen LogP contribution in [-0.2, 0) is 21.4 Å². The van der Waals surface area contributed by atoms with Gasteiger partial charge in [0.1, 0.15) is 4.90 Å². The number of amides is 1. The SMILES string of the molecule is Cc1ccc([N+](=O)[O-])cc1NC(=O)CN(Cc1ccccc1)S(=O)(=O)c1cc(Cl)ccc1Cl. The molecular weight excluding hydrogens is 489 g/mol. The van der Waals surface area contributed by atoms with E-state index in [1.165, 1.54) is 36.4 Å². The Labute approximate surface area is 200 Å². The molecule has 3 aromatic carbocycles. The highest BCUT2D eigenvalue weighted by molar-refractivity contribution is 7.89. The molecule has 1 amide bonds. The van der Waals surface area contributed by atoms with E-state index in [1.54, 1.807) is 37.3 Å². The lowest BCUT2D eigenvalue weighted by Crippen LogP contribution is -2.37. The van der Waals surface area contributed by atoms with Gasteiger partial charge in [-0.1, -0.05) is 59.6 Å². The van der Waals surface area contributed by atoms with Crippen molar-refractivity contribution in [3.63, 3.8) is 0 Å². The molecule has 3 rings (SSSR count). The number of hydrogen-bond donors (Lipinski definition) is 1. The smallest absolute Gasteiger partial charge is 0.271 e. The van der Waals surface area contributed by atoms with E-state index in [1.807, 2.05) is 0 Å². The molecule has 0 heterocycles. The first-order chi connectivity index (χ1) is 15.6. The number of nitrogens with zero attached hydrogens (tertiary/aromatic N) is 2. The minimum absolute atomic E-state index is 0.0348. The molecule has 0 bridgehead atoms. The Morgan fingerprint density at radius 2 is 1.76 bits per heavy atom. The van der Waals surface area contributed by atoms with Crippen LogP contribution in [0.1, 0.15) is 11.1 Å². The molecule has 8 nitrogen and oxygen atoms in total. The molecule has 172 valence electrons. The molecule has 1 N–H and O–H groups in total. The number of anilines is 1. The van der Waals surface area contributed by atoms with Crippen LogP contribution >= 0.6 is 23.2 Å². The lowest BCUT2D eigenvalue weighted by atomic mass is 10.2. The summed E-state index contributed by atoms with van der Waals surface area (Å²) in [6.07, 6.45) is 0. The fraction of sp³-hybridized carbons (Fsp3) is 0.136. The molecule has 3 aromatic rings. The molecule has 0 radical (unpaired) electrons. The highest BCUT2D eigenvalue weighted by Gasteiger charge is 2.29. The van der Waals surface area contributed by atoms with Gasteiger partial charge in [0.2, 0.25) is 15.9 Å². The summed E-state index contributed by atoms with van der Waals surface area (Å²) in [5.41, 5.74) is 1.25. The molecule has 0 aliphatic carbocycles. The summed E-state index contributed by atoms with van der Waals surface area (Å²) in [4.78, 5) is 23.1. The van der Waals surface area contributed by atoms with Crippen LogP contribution in [0.25, 0.3) is 0 Å². The maximum Gasteiger partial charge on any atom is 0.271 e. The Bertz CT molecular complexity index is 1300. The van der Waals surface area contributed by atoms with Gasteiger partial charge in [-0.25, -0.2) is 8.42 Å². The predicted molar refractivity (Wildman–Crippen MR) is 127 cm³/mol. The second-order valence-corrected chi connectivity index (χ2v) is 9.89. The van der Waals surface area contributed by atoms with Crippen molar-refractivity contribution < 1.29 is 18.1 Å². The number of aryl methyl sites for hydroxylation is 1. The number of non-ortho nitro benzene ring substituents is 1. The number of sulfonamides is 1. The first-order valence-corrected chi connectivity index (χ1v) is 11.8. The third kappa shape index (κ3) is 6.08. The van der Waals surface area contributed by atoms with Gasteiger partial charge in [-0.2, -0.15) is 4.31 Å². The Morgan fingerprint density at radius 3 is 2.42 bits per heavy atom. The molecule has 0 fully saturated rings. The van der Waals surface area contributed by atoms with E-state index in [2.05, 4.69) is 5.32 Å². The normalized spacial score (nSPS) is 11.4. The third-order valence-corrected chi connectivity index (χ3v) is 7.25. The van der Waals surface area contributed by atoms with Crippen LogP contribution in [-0.4, -0.2) is 30.1 Å². The van der Waals surface area contributed by atoms with Gasteiger partial charge in [0.25, 0.3) is 5.69 Å². The monoisotopic (exact) mass is 507 g/mol. The number of nitro groups is 1. The highest BCUT2D eigenvalue weighted by Crippen LogP contribution is 2.29. The van der Waals surface area contributed by atoms with Gasteiger partial charge in [0, 0.05) is 23.7 Å². The van der Waals surface area contributed by atoms with Crippen molar-refractivity contribution in [2.24, 2.45) is 0 Å². The lowest BCUT2D eigenvalue weighted by molar-refractivity contribution is -0.384. The first kappa shape index (κ1) is 24.7. The first-order valence-electron chi connectivity index (χ1n) is 9.62. The van der Waals surface area contributed by atoms with Gasteiger partial charge in [0.05, 0.1) is 22.2 Å². The summed E-state index contributed by atoms with van der Waals surface area (Å²) >= 11 is 12.1. The molecule has 0 aliphatic heterocycles. The molecule has 0 aromatic heterocycles. The molecule has 0 atom stereocenters. The molecule has 0 saturated heterocycles.